The van der Waals surface area contributed by atoms with Crippen LogP contribution in [0.3, 0.4) is 0 Å². The molecule has 0 saturated heterocycles. The van der Waals surface area contributed by atoms with Crippen LogP contribution in [-0.4, -0.2) is 85.8 Å². The molecule has 0 heterocycles. The first kappa shape index (κ1) is 58.3. The third kappa shape index (κ3) is 35.9. The van der Waals surface area contributed by atoms with Gasteiger partial charge in [0.1, 0.15) is 6.54 Å². The van der Waals surface area contributed by atoms with E-state index in [1.807, 2.05) is 0 Å². The number of unbranched alkanes of at least 4 members (excludes halogenated alkanes) is 21. The summed E-state index contributed by atoms with van der Waals surface area (Å²) in [5.74, 6) is 0.251. The van der Waals surface area contributed by atoms with Crippen molar-refractivity contribution in [2.24, 2.45) is 11.8 Å². The topological polar surface area (TPSA) is 96.4 Å². The summed E-state index contributed by atoms with van der Waals surface area (Å²) in [6.45, 7) is 11.1. The predicted molar refractivity (Wildman–Crippen MR) is 254 cm³/mol. The number of amides is 1. The van der Waals surface area contributed by atoms with Crippen LogP contribution in [0.5, 0.6) is 0 Å². The first-order chi connectivity index (χ1) is 29.2. The molecule has 3 atom stereocenters. The molecule has 8 nitrogen and oxygen atoms in total. The van der Waals surface area contributed by atoms with E-state index in [0.29, 0.717) is 31.6 Å². The van der Waals surface area contributed by atoms with Gasteiger partial charge >= 0.3 is 11.9 Å². The molecular weight excluding hydrogens is 749 g/mol. The number of aliphatic hydroxyl groups excluding tert-OH is 1. The molecule has 0 aromatic carbocycles. The first-order valence-electron chi connectivity index (χ1n) is 26.1. The lowest BCUT2D eigenvalue weighted by atomic mass is 9.91. The molecule has 0 saturated carbocycles. The van der Waals surface area contributed by atoms with E-state index in [9.17, 15) is 19.5 Å². The molecule has 1 amide bonds. The monoisotopic (exact) mass is 851 g/mol. The predicted octanol–water partition coefficient (Wildman–Crippen LogP) is 13.8. The summed E-state index contributed by atoms with van der Waals surface area (Å²) in [5, 5.41) is 9.32. The number of aliphatic hydroxyl groups is 1. The van der Waals surface area contributed by atoms with E-state index in [1.165, 1.54) is 116 Å². The Morgan fingerprint density at radius 2 is 0.900 bits per heavy atom. The quantitative estimate of drug-likeness (QED) is 0.0481. The third-order valence-electron chi connectivity index (χ3n) is 12.7. The van der Waals surface area contributed by atoms with Gasteiger partial charge in [-0.15, -0.1) is 0 Å². The Kier molecular flexibility index (Phi) is 42.7. The number of carbonyl (C=O) groups is 3. The fraction of sp³-hybridized carbons (Fsp3) is 0.942. The van der Waals surface area contributed by atoms with E-state index in [2.05, 4.69) is 39.6 Å². The number of carbonyl (C=O) groups excluding carboxylic acids is 3. The minimum absolute atomic E-state index is 0.0249. The molecule has 60 heavy (non-hydrogen) atoms. The number of hydrogen-bond donors (Lipinski definition) is 1. The molecule has 1 N–H and O–H groups in total. The maximum atomic E-state index is 13.1. The molecule has 0 aliphatic heterocycles. The molecule has 0 aliphatic carbocycles. The van der Waals surface area contributed by atoms with E-state index >= 15 is 0 Å². The Bertz CT molecular complexity index is 963. The van der Waals surface area contributed by atoms with Crippen molar-refractivity contribution in [1.29, 1.82) is 0 Å². The molecule has 0 spiro atoms. The van der Waals surface area contributed by atoms with E-state index in [0.717, 1.165) is 109 Å². The van der Waals surface area contributed by atoms with E-state index in [4.69, 9.17) is 9.47 Å². The lowest BCUT2D eigenvalue weighted by Gasteiger charge is -2.28. The van der Waals surface area contributed by atoms with Crippen LogP contribution >= 0.6 is 0 Å². The summed E-state index contributed by atoms with van der Waals surface area (Å²) in [6, 6.07) is 0.467. The smallest absolute Gasteiger partial charge is 0.325 e. The van der Waals surface area contributed by atoms with Crippen molar-refractivity contribution in [2.75, 3.05) is 47.0 Å². The van der Waals surface area contributed by atoms with Gasteiger partial charge in [-0.3, -0.25) is 14.4 Å². The van der Waals surface area contributed by atoms with E-state index in [-0.39, 0.29) is 36.9 Å². The molecule has 8 heteroatoms. The van der Waals surface area contributed by atoms with Crippen LogP contribution in [0.4, 0.5) is 0 Å². The fourth-order valence-corrected chi connectivity index (χ4v) is 8.56. The van der Waals surface area contributed by atoms with Gasteiger partial charge in [-0.2, -0.15) is 0 Å². The van der Waals surface area contributed by atoms with Gasteiger partial charge in [-0.05, 0) is 83.7 Å². The van der Waals surface area contributed by atoms with E-state index < -0.39 is 0 Å². The molecule has 0 aliphatic rings. The summed E-state index contributed by atoms with van der Waals surface area (Å²) in [4.78, 5) is 42.9. The lowest BCUT2D eigenvalue weighted by molar-refractivity contribution is -0.149. The lowest BCUT2D eigenvalue weighted by Crippen LogP contribution is -2.34. The Morgan fingerprint density at radius 3 is 1.40 bits per heavy atom. The molecule has 0 aromatic rings. The van der Waals surface area contributed by atoms with Crippen LogP contribution in [0.15, 0.2) is 0 Å². The molecule has 3 unspecified atom stereocenters. The van der Waals surface area contributed by atoms with Gasteiger partial charge in [0.05, 0.1) is 19.1 Å². The zero-order valence-corrected chi connectivity index (χ0v) is 40.9. The Labute approximate surface area is 372 Å². The average Bonchev–Trinajstić information content (AvgIpc) is 3.23. The van der Waals surface area contributed by atoms with Gasteiger partial charge in [0.25, 0.3) is 0 Å². The standard InChI is InChI=1S/C52H102N2O6/c1-7-11-15-19-21-26-36-47(35-25-17-13-9-3)45-50(56)54(6)46-51(57)59-43-33-23-29-39-49(53(5)41-31-32-42-55)40-30-24-34-44-60-52(58)48(37-27-18-14-10-4)38-28-22-20-16-12-8-2/h47-49,55H,7-46H2,1-6H3. The van der Waals surface area contributed by atoms with Crippen molar-refractivity contribution in [3.63, 3.8) is 0 Å². The van der Waals surface area contributed by atoms with Crippen LogP contribution in [0, 0.1) is 11.8 Å². The van der Waals surface area contributed by atoms with Crippen LogP contribution in [0.1, 0.15) is 252 Å². The molecule has 356 valence electrons. The third-order valence-corrected chi connectivity index (χ3v) is 12.7. The Balaban J connectivity index is 4.65. The second kappa shape index (κ2) is 44.0. The van der Waals surface area contributed by atoms with Gasteiger partial charge < -0.3 is 24.4 Å². The van der Waals surface area contributed by atoms with Gasteiger partial charge in [0.2, 0.25) is 5.91 Å². The molecular formula is C52H102N2O6. The van der Waals surface area contributed by atoms with E-state index in [1.54, 1.807) is 11.9 Å². The number of hydrogen-bond acceptors (Lipinski definition) is 7. The minimum atomic E-state index is -0.311. The highest BCUT2D eigenvalue weighted by Gasteiger charge is 2.21. The highest BCUT2D eigenvalue weighted by atomic mass is 16.5. The van der Waals surface area contributed by atoms with Crippen LogP contribution < -0.4 is 0 Å². The zero-order chi connectivity index (χ0) is 44.3. The first-order valence-corrected chi connectivity index (χ1v) is 26.1. The highest BCUT2D eigenvalue weighted by Crippen LogP contribution is 2.24. The SMILES string of the molecule is CCCCCCCCC(CCCCCC)CC(=O)N(C)CC(=O)OCCCCCC(CCCCCOC(=O)C(CCCCCC)CCCCCCCC)N(C)CCCCO. The van der Waals surface area contributed by atoms with Crippen molar-refractivity contribution in [3.8, 4) is 0 Å². The van der Waals surface area contributed by atoms with Crippen LogP contribution in [-0.2, 0) is 23.9 Å². The minimum Gasteiger partial charge on any atom is -0.465 e. The fourth-order valence-electron chi connectivity index (χ4n) is 8.56. The normalized spacial score (nSPS) is 13.1. The van der Waals surface area contributed by atoms with Crippen molar-refractivity contribution >= 4 is 17.8 Å². The van der Waals surface area contributed by atoms with Crippen LogP contribution in [0.25, 0.3) is 0 Å². The summed E-state index contributed by atoms with van der Waals surface area (Å²) in [7, 11) is 3.95. The van der Waals surface area contributed by atoms with Crippen molar-refractivity contribution in [3.05, 3.63) is 0 Å². The maximum Gasteiger partial charge on any atom is 0.325 e. The van der Waals surface area contributed by atoms with Crippen molar-refractivity contribution in [2.45, 2.75) is 258 Å². The molecule has 0 rings (SSSR count). The number of ether oxygens (including phenoxy) is 2. The number of esters is 2. The van der Waals surface area contributed by atoms with Crippen molar-refractivity contribution < 1.29 is 29.0 Å². The summed E-state index contributed by atoms with van der Waals surface area (Å²) >= 11 is 0. The summed E-state index contributed by atoms with van der Waals surface area (Å²) < 4.78 is 11.4. The molecule has 0 aromatic heterocycles. The zero-order valence-electron chi connectivity index (χ0n) is 40.9. The molecule has 0 fully saturated rings. The maximum absolute atomic E-state index is 13.1. The summed E-state index contributed by atoms with van der Waals surface area (Å²) in [5.41, 5.74) is 0. The van der Waals surface area contributed by atoms with Gasteiger partial charge in [-0.1, -0.05) is 182 Å². The number of likely N-dealkylation sites (N-methyl/N-ethyl adjacent to an activating group) is 1. The average molecular weight is 851 g/mol. The Morgan fingerprint density at radius 1 is 0.483 bits per heavy atom. The number of rotatable bonds is 46. The second-order valence-electron chi connectivity index (χ2n) is 18.5. The van der Waals surface area contributed by atoms with Gasteiger partial charge in [0.15, 0.2) is 0 Å². The number of nitrogens with zero attached hydrogens (tertiary/aromatic N) is 2. The molecule has 0 radical (unpaired) electrons. The van der Waals surface area contributed by atoms with Gasteiger partial charge in [-0.25, -0.2) is 0 Å². The van der Waals surface area contributed by atoms with Crippen LogP contribution in [0.2, 0.25) is 0 Å². The van der Waals surface area contributed by atoms with Gasteiger partial charge in [0, 0.05) is 26.1 Å². The molecule has 0 bridgehead atoms. The summed E-state index contributed by atoms with van der Waals surface area (Å²) in [6.07, 6.45) is 39.5. The van der Waals surface area contributed by atoms with Crippen molar-refractivity contribution in [1.82, 2.24) is 9.80 Å². The second-order valence-corrected chi connectivity index (χ2v) is 18.5. The highest BCUT2D eigenvalue weighted by molar-refractivity contribution is 5.82. The largest absolute Gasteiger partial charge is 0.465 e. The Hall–Kier alpha value is -1.67.